The van der Waals surface area contributed by atoms with E-state index in [1.165, 1.54) is 19.2 Å². The molecule has 128 valence electrons. The molecule has 0 radical (unpaired) electrons. The molecule has 1 amide bonds. The highest BCUT2D eigenvalue weighted by Gasteiger charge is 2.20. The molecule has 2 rings (SSSR count). The van der Waals surface area contributed by atoms with Crippen LogP contribution in [0.1, 0.15) is 12.8 Å². The monoisotopic (exact) mass is 351 g/mol. The maximum absolute atomic E-state index is 12.9. The van der Waals surface area contributed by atoms with Crippen LogP contribution >= 0.6 is 0 Å². The highest BCUT2D eigenvalue weighted by molar-refractivity contribution is 7.89. The van der Waals surface area contributed by atoms with E-state index in [1.807, 2.05) is 0 Å². The molecule has 2 aromatic rings. The molecule has 0 aliphatic carbocycles. The van der Waals surface area contributed by atoms with Crippen molar-refractivity contribution in [2.24, 2.45) is 0 Å². The van der Waals surface area contributed by atoms with Crippen molar-refractivity contribution in [3.05, 3.63) is 54.6 Å². The first-order chi connectivity index (χ1) is 11.4. The van der Waals surface area contributed by atoms with E-state index in [1.54, 1.807) is 24.5 Å². The zero-order chi connectivity index (χ0) is 17.6. The summed E-state index contributed by atoms with van der Waals surface area (Å²) in [6.45, 7) is 0.184. The van der Waals surface area contributed by atoms with Crippen LogP contribution in [0, 0.1) is 5.82 Å². The highest BCUT2D eigenvalue weighted by Crippen LogP contribution is 2.15. The molecular formula is C16H18FN3O3S. The fourth-order valence-corrected chi connectivity index (χ4v) is 3.24. The van der Waals surface area contributed by atoms with Gasteiger partial charge in [0.05, 0.1) is 4.90 Å². The molecule has 0 fully saturated rings. The third kappa shape index (κ3) is 4.84. The second-order valence-corrected chi connectivity index (χ2v) is 7.21. The van der Waals surface area contributed by atoms with Gasteiger partial charge in [-0.1, -0.05) is 0 Å². The SMILES string of the molecule is CN(CCCC(=O)Nc1ccncc1)S(=O)(=O)c1ccc(F)cc1. The summed E-state index contributed by atoms with van der Waals surface area (Å²) in [5.41, 5.74) is 0.641. The van der Waals surface area contributed by atoms with Crippen molar-refractivity contribution >= 4 is 21.6 Å². The van der Waals surface area contributed by atoms with Gasteiger partial charge in [0.15, 0.2) is 0 Å². The van der Waals surface area contributed by atoms with Crippen molar-refractivity contribution in [3.8, 4) is 0 Å². The van der Waals surface area contributed by atoms with Gasteiger partial charge in [-0.2, -0.15) is 0 Å². The van der Waals surface area contributed by atoms with Gasteiger partial charge >= 0.3 is 0 Å². The summed E-state index contributed by atoms with van der Waals surface area (Å²) in [7, 11) is -2.26. The number of carbonyl (C=O) groups excluding carboxylic acids is 1. The zero-order valence-corrected chi connectivity index (χ0v) is 14.0. The molecule has 0 bridgehead atoms. The van der Waals surface area contributed by atoms with E-state index < -0.39 is 15.8 Å². The maximum Gasteiger partial charge on any atom is 0.242 e. The number of aromatic nitrogens is 1. The highest BCUT2D eigenvalue weighted by atomic mass is 32.2. The van der Waals surface area contributed by atoms with E-state index in [4.69, 9.17) is 0 Å². The molecule has 0 aliphatic heterocycles. The Morgan fingerprint density at radius 1 is 1.17 bits per heavy atom. The second kappa shape index (κ2) is 7.98. The predicted molar refractivity (Wildman–Crippen MR) is 88.3 cm³/mol. The van der Waals surface area contributed by atoms with Crippen LogP contribution in [0.5, 0.6) is 0 Å². The second-order valence-electron chi connectivity index (χ2n) is 5.17. The number of nitrogens with one attached hydrogen (secondary N) is 1. The number of sulfonamides is 1. The molecule has 0 saturated heterocycles. The number of carbonyl (C=O) groups is 1. The van der Waals surface area contributed by atoms with Crippen LogP contribution in [0.2, 0.25) is 0 Å². The normalized spacial score (nSPS) is 11.5. The summed E-state index contributed by atoms with van der Waals surface area (Å²) in [6, 6.07) is 7.98. The Balaban J connectivity index is 1.85. The number of pyridine rings is 1. The van der Waals surface area contributed by atoms with Crippen LogP contribution in [0.3, 0.4) is 0 Å². The van der Waals surface area contributed by atoms with Crippen molar-refractivity contribution < 1.29 is 17.6 Å². The van der Waals surface area contributed by atoms with Gasteiger partial charge < -0.3 is 5.32 Å². The average molecular weight is 351 g/mol. The molecule has 0 unspecified atom stereocenters. The van der Waals surface area contributed by atoms with E-state index in [0.29, 0.717) is 12.1 Å². The van der Waals surface area contributed by atoms with Crippen LogP contribution in [-0.4, -0.2) is 37.2 Å². The molecule has 1 N–H and O–H groups in total. The first-order valence-corrected chi connectivity index (χ1v) is 8.75. The van der Waals surface area contributed by atoms with Gasteiger partial charge in [0.25, 0.3) is 0 Å². The van der Waals surface area contributed by atoms with Gasteiger partial charge in [-0.25, -0.2) is 17.1 Å². The Morgan fingerprint density at radius 3 is 2.42 bits per heavy atom. The van der Waals surface area contributed by atoms with E-state index in [2.05, 4.69) is 10.3 Å². The fraction of sp³-hybridized carbons (Fsp3) is 0.250. The van der Waals surface area contributed by atoms with Crippen molar-refractivity contribution in [1.29, 1.82) is 0 Å². The van der Waals surface area contributed by atoms with Crippen molar-refractivity contribution in [2.75, 3.05) is 18.9 Å². The molecule has 8 heteroatoms. The van der Waals surface area contributed by atoms with Crippen LogP contribution in [0.25, 0.3) is 0 Å². The Kier molecular flexibility index (Phi) is 5.99. The van der Waals surface area contributed by atoms with Gasteiger partial charge in [0.1, 0.15) is 5.82 Å². The van der Waals surface area contributed by atoms with Crippen molar-refractivity contribution in [3.63, 3.8) is 0 Å². The molecule has 0 atom stereocenters. The summed E-state index contributed by atoms with van der Waals surface area (Å²) in [6.07, 6.45) is 3.69. The predicted octanol–water partition coefficient (Wildman–Crippen LogP) is 2.26. The number of rotatable bonds is 7. The number of hydrogen-bond donors (Lipinski definition) is 1. The van der Waals surface area contributed by atoms with Crippen LogP contribution in [0.4, 0.5) is 10.1 Å². The van der Waals surface area contributed by atoms with E-state index in [9.17, 15) is 17.6 Å². The van der Waals surface area contributed by atoms with Crippen LogP contribution in [-0.2, 0) is 14.8 Å². The molecule has 1 aromatic heterocycles. The zero-order valence-electron chi connectivity index (χ0n) is 13.1. The molecule has 24 heavy (non-hydrogen) atoms. The molecule has 0 spiro atoms. The molecular weight excluding hydrogens is 333 g/mol. The summed E-state index contributed by atoms with van der Waals surface area (Å²) in [5, 5.41) is 2.70. The van der Waals surface area contributed by atoms with Crippen molar-refractivity contribution in [2.45, 2.75) is 17.7 Å². The smallest absolute Gasteiger partial charge is 0.242 e. The lowest BCUT2D eigenvalue weighted by molar-refractivity contribution is -0.116. The van der Waals surface area contributed by atoms with Crippen LogP contribution in [0.15, 0.2) is 53.7 Å². The number of benzene rings is 1. The minimum Gasteiger partial charge on any atom is -0.326 e. The first kappa shape index (κ1) is 18.0. The van der Waals surface area contributed by atoms with Crippen LogP contribution < -0.4 is 5.32 Å². The minimum atomic E-state index is -3.69. The van der Waals surface area contributed by atoms with E-state index >= 15 is 0 Å². The largest absolute Gasteiger partial charge is 0.326 e. The van der Waals surface area contributed by atoms with Gasteiger partial charge in [0, 0.05) is 38.1 Å². The topological polar surface area (TPSA) is 79.4 Å². The average Bonchev–Trinajstić information content (AvgIpc) is 2.56. The third-order valence-electron chi connectivity index (χ3n) is 3.36. The number of halogens is 1. The molecule has 1 heterocycles. The van der Waals surface area contributed by atoms with Crippen molar-refractivity contribution in [1.82, 2.24) is 9.29 Å². The summed E-state index contributed by atoms with van der Waals surface area (Å²) >= 11 is 0. The summed E-state index contributed by atoms with van der Waals surface area (Å²) < 4.78 is 38.7. The molecule has 0 saturated carbocycles. The number of nitrogens with zero attached hydrogens (tertiary/aromatic N) is 2. The minimum absolute atomic E-state index is 0.0210. The van der Waals surface area contributed by atoms with Gasteiger partial charge in [-0.05, 0) is 42.8 Å². The summed E-state index contributed by atoms with van der Waals surface area (Å²) in [5.74, 6) is -0.696. The summed E-state index contributed by atoms with van der Waals surface area (Å²) in [4.78, 5) is 15.7. The fourth-order valence-electron chi connectivity index (χ4n) is 2.03. The Morgan fingerprint density at radius 2 is 1.79 bits per heavy atom. The lowest BCUT2D eigenvalue weighted by Crippen LogP contribution is -2.28. The van der Waals surface area contributed by atoms with Gasteiger partial charge in [-0.15, -0.1) is 0 Å². The lowest BCUT2D eigenvalue weighted by atomic mass is 10.3. The molecule has 6 nitrogen and oxygen atoms in total. The molecule has 1 aromatic carbocycles. The Bertz CT molecular complexity index is 780. The lowest BCUT2D eigenvalue weighted by Gasteiger charge is -2.17. The number of hydrogen-bond acceptors (Lipinski definition) is 4. The van der Waals surface area contributed by atoms with Gasteiger partial charge in [0.2, 0.25) is 15.9 Å². The van der Waals surface area contributed by atoms with E-state index in [-0.39, 0.29) is 23.8 Å². The Hall–Kier alpha value is -2.32. The Labute approximate surface area is 140 Å². The van der Waals surface area contributed by atoms with Gasteiger partial charge in [-0.3, -0.25) is 9.78 Å². The number of amides is 1. The standard InChI is InChI=1S/C16H18FN3O3S/c1-20(24(22,23)15-6-4-13(17)5-7-15)12-2-3-16(21)19-14-8-10-18-11-9-14/h4-11H,2-3,12H2,1H3,(H,18,19,21). The maximum atomic E-state index is 12.9. The quantitative estimate of drug-likeness (QED) is 0.830. The number of anilines is 1. The third-order valence-corrected chi connectivity index (χ3v) is 5.23. The van der Waals surface area contributed by atoms with E-state index in [0.717, 1.165) is 16.4 Å². The molecule has 0 aliphatic rings. The first-order valence-electron chi connectivity index (χ1n) is 7.31.